The van der Waals surface area contributed by atoms with Crippen LogP contribution in [0.2, 0.25) is 0 Å². The van der Waals surface area contributed by atoms with E-state index in [9.17, 15) is 14.7 Å². The lowest BCUT2D eigenvalue weighted by molar-refractivity contribution is -0.271. The van der Waals surface area contributed by atoms with Crippen LogP contribution in [0.15, 0.2) is 12.2 Å². The van der Waals surface area contributed by atoms with Crippen molar-refractivity contribution in [3.8, 4) is 0 Å². The van der Waals surface area contributed by atoms with Crippen LogP contribution in [0.4, 0.5) is 0 Å². The predicted octanol–water partition coefficient (Wildman–Crippen LogP) is 1.33. The summed E-state index contributed by atoms with van der Waals surface area (Å²) in [5.74, 6) is -3.18. The smallest absolute Gasteiger partial charge is 0.333 e. The monoisotopic (exact) mass is 342 g/mol. The highest BCUT2D eigenvalue weighted by Gasteiger charge is 2.45. The van der Waals surface area contributed by atoms with Gasteiger partial charge < -0.3 is 24.1 Å². The van der Waals surface area contributed by atoms with E-state index in [1.807, 2.05) is 0 Å². The van der Waals surface area contributed by atoms with Gasteiger partial charge in [0.05, 0.1) is 25.4 Å². The molecule has 7 heteroatoms. The number of hydrogen-bond acceptors (Lipinski definition) is 7. The summed E-state index contributed by atoms with van der Waals surface area (Å²) in [6.45, 7) is 7.67. The molecule has 2 aliphatic heterocycles. The maximum Gasteiger partial charge on any atom is 0.333 e. The van der Waals surface area contributed by atoms with E-state index in [1.54, 1.807) is 6.92 Å². The zero-order valence-corrected chi connectivity index (χ0v) is 14.3. The van der Waals surface area contributed by atoms with Crippen LogP contribution < -0.4 is 0 Å². The Morgan fingerprint density at radius 3 is 2.79 bits per heavy atom. The number of rotatable bonds is 7. The predicted molar refractivity (Wildman–Crippen MR) is 83.9 cm³/mol. The lowest BCUT2D eigenvalue weighted by Gasteiger charge is -2.38. The molecular formula is C17H26O7. The van der Waals surface area contributed by atoms with Crippen LogP contribution in [-0.4, -0.2) is 54.9 Å². The Hall–Kier alpha value is -1.44. The van der Waals surface area contributed by atoms with E-state index in [4.69, 9.17) is 18.9 Å². The van der Waals surface area contributed by atoms with Crippen LogP contribution >= 0.6 is 0 Å². The third kappa shape index (κ3) is 4.78. The van der Waals surface area contributed by atoms with E-state index in [0.717, 1.165) is 6.42 Å². The summed E-state index contributed by atoms with van der Waals surface area (Å²) in [7, 11) is 0. The van der Waals surface area contributed by atoms with Gasteiger partial charge in [0.1, 0.15) is 5.92 Å². The molecule has 136 valence electrons. The molecule has 0 amide bonds. The SMILES string of the molecule is C=C(C)C(=O)OCC[C@@H]1OCCC[C@@H]1OC(C)(O)C1CCOC1=O. The Labute approximate surface area is 141 Å². The Morgan fingerprint density at radius 1 is 1.42 bits per heavy atom. The van der Waals surface area contributed by atoms with E-state index >= 15 is 0 Å². The molecule has 0 aromatic heterocycles. The molecule has 0 radical (unpaired) electrons. The van der Waals surface area contributed by atoms with Crippen LogP contribution in [0.5, 0.6) is 0 Å². The first-order valence-electron chi connectivity index (χ1n) is 8.32. The highest BCUT2D eigenvalue weighted by molar-refractivity contribution is 5.86. The van der Waals surface area contributed by atoms with Crippen LogP contribution in [0.25, 0.3) is 0 Å². The molecule has 2 fully saturated rings. The highest BCUT2D eigenvalue weighted by Crippen LogP contribution is 2.32. The Balaban J connectivity index is 1.90. The minimum absolute atomic E-state index is 0.184. The summed E-state index contributed by atoms with van der Waals surface area (Å²) in [4.78, 5) is 23.1. The van der Waals surface area contributed by atoms with Crippen LogP contribution in [0.1, 0.15) is 39.5 Å². The molecular weight excluding hydrogens is 316 g/mol. The summed E-state index contributed by atoms with van der Waals surface area (Å²) < 4.78 is 21.5. The van der Waals surface area contributed by atoms with Gasteiger partial charge in [-0.1, -0.05) is 6.58 Å². The van der Waals surface area contributed by atoms with Crippen molar-refractivity contribution >= 4 is 11.9 Å². The first-order chi connectivity index (χ1) is 11.3. The molecule has 24 heavy (non-hydrogen) atoms. The fourth-order valence-electron chi connectivity index (χ4n) is 2.98. The molecule has 2 saturated heterocycles. The molecule has 0 aliphatic carbocycles. The van der Waals surface area contributed by atoms with E-state index in [2.05, 4.69) is 6.58 Å². The number of esters is 2. The molecule has 2 rings (SSSR count). The first-order valence-corrected chi connectivity index (χ1v) is 8.32. The number of cyclic esters (lactones) is 1. The standard InChI is InChI=1S/C17H26O7/c1-11(2)15(18)22-10-7-13-14(5-4-8-21-13)24-17(3,20)12-6-9-23-16(12)19/h12-14,20H,1,4-10H2,2-3H3/t12?,13-,14-,17?/m0/s1. The maximum absolute atomic E-state index is 11.7. The van der Waals surface area contributed by atoms with Crippen LogP contribution in [0.3, 0.4) is 0 Å². The van der Waals surface area contributed by atoms with E-state index in [1.165, 1.54) is 6.92 Å². The van der Waals surface area contributed by atoms with Crippen molar-refractivity contribution in [1.29, 1.82) is 0 Å². The fourth-order valence-corrected chi connectivity index (χ4v) is 2.98. The number of hydrogen-bond donors (Lipinski definition) is 1. The topological polar surface area (TPSA) is 91.3 Å². The Morgan fingerprint density at radius 2 is 2.17 bits per heavy atom. The lowest BCUT2D eigenvalue weighted by Crippen LogP contribution is -2.48. The molecule has 4 atom stereocenters. The number of carbonyl (C=O) groups excluding carboxylic acids is 2. The fraction of sp³-hybridized carbons (Fsp3) is 0.765. The van der Waals surface area contributed by atoms with Crippen molar-refractivity contribution in [3.63, 3.8) is 0 Å². The third-order valence-electron chi connectivity index (χ3n) is 4.34. The molecule has 2 heterocycles. The minimum Gasteiger partial charge on any atom is -0.465 e. The summed E-state index contributed by atoms with van der Waals surface area (Å²) in [5.41, 5.74) is 0.343. The second kappa shape index (κ2) is 8.09. The van der Waals surface area contributed by atoms with Gasteiger partial charge in [-0.25, -0.2) is 4.79 Å². The van der Waals surface area contributed by atoms with Crippen molar-refractivity contribution < 1.29 is 33.6 Å². The van der Waals surface area contributed by atoms with Gasteiger partial charge in [-0.05, 0) is 26.7 Å². The summed E-state index contributed by atoms with van der Waals surface area (Å²) >= 11 is 0. The molecule has 0 aromatic carbocycles. The highest BCUT2D eigenvalue weighted by atomic mass is 16.6. The molecule has 0 saturated carbocycles. The van der Waals surface area contributed by atoms with E-state index < -0.39 is 23.6 Å². The van der Waals surface area contributed by atoms with Gasteiger partial charge in [-0.3, -0.25) is 4.79 Å². The average Bonchev–Trinajstić information content (AvgIpc) is 2.95. The van der Waals surface area contributed by atoms with Crippen molar-refractivity contribution in [2.75, 3.05) is 19.8 Å². The van der Waals surface area contributed by atoms with Gasteiger partial charge in [0.25, 0.3) is 0 Å². The molecule has 2 aliphatic rings. The summed E-state index contributed by atoms with van der Waals surface area (Å²) in [6.07, 6.45) is 1.72. The van der Waals surface area contributed by atoms with E-state index in [0.29, 0.717) is 38.0 Å². The quantitative estimate of drug-likeness (QED) is 0.424. The molecule has 0 spiro atoms. The average molecular weight is 342 g/mol. The lowest BCUT2D eigenvalue weighted by atomic mass is 9.96. The Kier molecular flexibility index (Phi) is 6.37. The molecule has 0 aromatic rings. The van der Waals surface area contributed by atoms with Crippen LogP contribution in [-0.2, 0) is 28.5 Å². The van der Waals surface area contributed by atoms with Gasteiger partial charge in [-0.2, -0.15) is 0 Å². The molecule has 7 nitrogen and oxygen atoms in total. The Bertz CT molecular complexity index is 485. The molecule has 2 unspecified atom stereocenters. The minimum atomic E-state index is -1.61. The van der Waals surface area contributed by atoms with E-state index in [-0.39, 0.29) is 18.8 Å². The number of aliphatic hydroxyl groups is 1. The zero-order chi connectivity index (χ0) is 17.7. The summed E-state index contributed by atoms with van der Waals surface area (Å²) in [6, 6.07) is 0. The van der Waals surface area contributed by atoms with Crippen molar-refractivity contribution in [2.45, 2.75) is 57.5 Å². The number of carbonyl (C=O) groups is 2. The van der Waals surface area contributed by atoms with Crippen molar-refractivity contribution in [3.05, 3.63) is 12.2 Å². The second-order valence-corrected chi connectivity index (χ2v) is 6.48. The molecule has 0 bridgehead atoms. The van der Waals surface area contributed by atoms with Gasteiger partial charge in [0.15, 0.2) is 5.79 Å². The maximum atomic E-state index is 11.7. The zero-order valence-electron chi connectivity index (χ0n) is 14.3. The van der Waals surface area contributed by atoms with Gasteiger partial charge in [0, 0.05) is 25.0 Å². The van der Waals surface area contributed by atoms with Crippen molar-refractivity contribution in [1.82, 2.24) is 0 Å². The normalized spacial score (nSPS) is 29.6. The van der Waals surface area contributed by atoms with Crippen molar-refractivity contribution in [2.24, 2.45) is 5.92 Å². The third-order valence-corrected chi connectivity index (χ3v) is 4.34. The number of ether oxygens (including phenoxy) is 4. The largest absolute Gasteiger partial charge is 0.465 e. The second-order valence-electron chi connectivity index (χ2n) is 6.48. The summed E-state index contributed by atoms with van der Waals surface area (Å²) in [5, 5.41) is 10.6. The first kappa shape index (κ1) is 18.9. The van der Waals surface area contributed by atoms with Crippen LogP contribution in [0, 0.1) is 5.92 Å². The molecule has 1 N–H and O–H groups in total. The van der Waals surface area contributed by atoms with Gasteiger partial charge in [0.2, 0.25) is 0 Å². The van der Waals surface area contributed by atoms with Gasteiger partial charge in [-0.15, -0.1) is 0 Å². The van der Waals surface area contributed by atoms with Gasteiger partial charge >= 0.3 is 11.9 Å².